The van der Waals surface area contributed by atoms with Gasteiger partial charge in [0.25, 0.3) is 0 Å². The van der Waals surface area contributed by atoms with E-state index in [1.54, 1.807) is 6.20 Å². The molecule has 2 heterocycles. The van der Waals surface area contributed by atoms with E-state index in [4.69, 9.17) is 4.74 Å². The van der Waals surface area contributed by atoms with E-state index in [0.29, 0.717) is 0 Å². The number of aromatic nitrogens is 2. The molecular formula is C8H9N3O. The van der Waals surface area contributed by atoms with Crippen molar-refractivity contribution in [3.05, 3.63) is 18.2 Å². The molecule has 1 aliphatic rings. The average Bonchev–Trinajstić information content (AvgIpc) is 2.44. The molecule has 0 bridgehead atoms. The van der Waals surface area contributed by atoms with Crippen molar-refractivity contribution in [2.24, 2.45) is 4.99 Å². The molecule has 12 heavy (non-hydrogen) atoms. The third kappa shape index (κ3) is 0.879. The van der Waals surface area contributed by atoms with Gasteiger partial charge in [0.15, 0.2) is 12.0 Å². The van der Waals surface area contributed by atoms with Crippen molar-refractivity contribution >= 4 is 6.72 Å². The first-order chi connectivity index (χ1) is 5.83. The lowest BCUT2D eigenvalue weighted by Gasteiger charge is -2.06. The third-order valence-corrected chi connectivity index (χ3v) is 1.99. The Kier molecular flexibility index (Phi) is 1.53. The van der Waals surface area contributed by atoms with Gasteiger partial charge in [-0.3, -0.25) is 4.99 Å². The number of nitrogens with zero attached hydrogens (tertiary/aromatic N) is 3. The van der Waals surface area contributed by atoms with Crippen LogP contribution < -0.4 is 4.74 Å². The van der Waals surface area contributed by atoms with E-state index in [9.17, 15) is 0 Å². The average molecular weight is 163 g/mol. The van der Waals surface area contributed by atoms with Crippen LogP contribution in [0.15, 0.2) is 17.5 Å². The minimum atomic E-state index is -0.198. The lowest BCUT2D eigenvalue weighted by atomic mass is 10.1. The van der Waals surface area contributed by atoms with Gasteiger partial charge in [-0.25, -0.2) is 9.97 Å². The van der Waals surface area contributed by atoms with Gasteiger partial charge in [0.05, 0.1) is 17.8 Å². The minimum Gasteiger partial charge on any atom is -0.465 e. The Morgan fingerprint density at radius 1 is 1.67 bits per heavy atom. The number of aliphatic imine (C=N–C) groups is 1. The molecule has 0 fully saturated rings. The highest BCUT2D eigenvalue weighted by Crippen LogP contribution is 2.35. The minimum absolute atomic E-state index is 0.181. The molecule has 0 saturated heterocycles. The second-order valence-corrected chi connectivity index (χ2v) is 2.75. The Morgan fingerprint density at radius 2 is 2.50 bits per heavy atom. The summed E-state index contributed by atoms with van der Waals surface area (Å²) in [5.41, 5.74) is 0.919. The lowest BCUT2D eigenvalue weighted by Crippen LogP contribution is -2.12. The Hall–Kier alpha value is -1.45. The molecule has 0 aromatic carbocycles. The van der Waals surface area contributed by atoms with E-state index in [-0.39, 0.29) is 12.1 Å². The second-order valence-electron chi connectivity index (χ2n) is 2.75. The molecule has 1 aliphatic heterocycles. The molecular weight excluding hydrogens is 154 g/mol. The highest BCUT2D eigenvalue weighted by atomic mass is 16.5. The summed E-state index contributed by atoms with van der Waals surface area (Å²) in [5.74, 6) is 0.905. The molecule has 0 radical (unpaired) electrons. The van der Waals surface area contributed by atoms with Gasteiger partial charge in [-0.05, 0) is 6.72 Å². The molecule has 0 aliphatic carbocycles. The zero-order valence-electron chi connectivity index (χ0n) is 6.77. The van der Waals surface area contributed by atoms with E-state index in [1.807, 2.05) is 6.92 Å². The van der Waals surface area contributed by atoms with Gasteiger partial charge in [0, 0.05) is 0 Å². The van der Waals surface area contributed by atoms with Crippen molar-refractivity contribution in [1.82, 2.24) is 9.97 Å². The molecule has 2 rings (SSSR count). The van der Waals surface area contributed by atoms with Crippen molar-refractivity contribution in [2.75, 3.05) is 0 Å². The Labute approximate surface area is 70.3 Å². The summed E-state index contributed by atoms with van der Waals surface area (Å²) in [6.45, 7) is 5.47. The van der Waals surface area contributed by atoms with Crippen molar-refractivity contribution in [3.8, 4) is 5.75 Å². The van der Waals surface area contributed by atoms with E-state index in [0.717, 1.165) is 11.4 Å². The number of rotatable bonds is 1. The van der Waals surface area contributed by atoms with Gasteiger partial charge in [0.2, 0.25) is 0 Å². The van der Waals surface area contributed by atoms with E-state index in [1.165, 1.54) is 6.33 Å². The molecule has 0 saturated carbocycles. The molecule has 2 unspecified atom stereocenters. The fourth-order valence-corrected chi connectivity index (χ4v) is 1.32. The highest BCUT2D eigenvalue weighted by Gasteiger charge is 2.31. The predicted molar refractivity (Wildman–Crippen MR) is 44.4 cm³/mol. The van der Waals surface area contributed by atoms with Crippen LogP contribution >= 0.6 is 0 Å². The van der Waals surface area contributed by atoms with Gasteiger partial charge in [-0.15, -0.1) is 0 Å². The maximum Gasteiger partial charge on any atom is 0.197 e. The standard InChI is InChI=1S/C8H9N3O/c1-5-7-6(3-10-4-11-7)12-8(5)9-2/h3-5,8H,2H2,1H3. The topological polar surface area (TPSA) is 47.4 Å². The SMILES string of the molecule is C=NC1Oc2cncnc2C1C. The summed E-state index contributed by atoms with van der Waals surface area (Å²) in [6, 6.07) is 0. The molecule has 62 valence electrons. The van der Waals surface area contributed by atoms with Crippen LogP contribution in [0.3, 0.4) is 0 Å². The molecule has 0 N–H and O–H groups in total. The van der Waals surface area contributed by atoms with Crippen LogP contribution in [0.2, 0.25) is 0 Å². The van der Waals surface area contributed by atoms with Gasteiger partial charge in [0.1, 0.15) is 6.33 Å². The Balaban J connectivity index is 2.41. The molecule has 4 heteroatoms. The first-order valence-electron chi connectivity index (χ1n) is 3.75. The highest BCUT2D eigenvalue weighted by molar-refractivity contribution is 5.34. The summed E-state index contributed by atoms with van der Waals surface area (Å²) in [4.78, 5) is 11.8. The van der Waals surface area contributed by atoms with Crippen LogP contribution in [0.5, 0.6) is 5.75 Å². The molecule has 0 amide bonds. The molecule has 2 atom stereocenters. The molecule has 1 aromatic rings. The number of hydrogen-bond acceptors (Lipinski definition) is 4. The lowest BCUT2D eigenvalue weighted by molar-refractivity contribution is 0.222. The molecule has 0 spiro atoms. The number of hydrogen-bond donors (Lipinski definition) is 0. The zero-order valence-corrected chi connectivity index (χ0v) is 6.77. The number of ether oxygens (including phenoxy) is 1. The first-order valence-corrected chi connectivity index (χ1v) is 3.75. The maximum atomic E-state index is 5.41. The van der Waals surface area contributed by atoms with Gasteiger partial charge >= 0.3 is 0 Å². The zero-order chi connectivity index (χ0) is 8.55. The molecule has 1 aromatic heterocycles. The summed E-state index contributed by atoms with van der Waals surface area (Å²) in [5, 5.41) is 0. The summed E-state index contributed by atoms with van der Waals surface area (Å²) >= 11 is 0. The van der Waals surface area contributed by atoms with Crippen molar-refractivity contribution in [3.63, 3.8) is 0 Å². The van der Waals surface area contributed by atoms with Gasteiger partial charge < -0.3 is 4.74 Å². The second kappa shape index (κ2) is 2.55. The number of fused-ring (bicyclic) bond motifs is 1. The van der Waals surface area contributed by atoms with Gasteiger partial charge in [-0.1, -0.05) is 6.92 Å². The normalized spacial score (nSPS) is 26.1. The van der Waals surface area contributed by atoms with Gasteiger partial charge in [-0.2, -0.15) is 0 Å². The van der Waals surface area contributed by atoms with E-state index in [2.05, 4.69) is 21.7 Å². The largest absolute Gasteiger partial charge is 0.465 e. The third-order valence-electron chi connectivity index (χ3n) is 1.99. The predicted octanol–water partition coefficient (Wildman–Crippen LogP) is 0.999. The monoisotopic (exact) mass is 163 g/mol. The Morgan fingerprint density at radius 3 is 3.17 bits per heavy atom. The quantitative estimate of drug-likeness (QED) is 0.580. The van der Waals surface area contributed by atoms with E-state index < -0.39 is 0 Å². The van der Waals surface area contributed by atoms with Crippen molar-refractivity contribution in [2.45, 2.75) is 19.1 Å². The summed E-state index contributed by atoms with van der Waals surface area (Å²) in [6.07, 6.45) is 2.98. The fourth-order valence-electron chi connectivity index (χ4n) is 1.32. The fraction of sp³-hybridized carbons (Fsp3) is 0.375. The van der Waals surface area contributed by atoms with Crippen LogP contribution in [0, 0.1) is 0 Å². The van der Waals surface area contributed by atoms with Crippen molar-refractivity contribution < 1.29 is 4.74 Å². The van der Waals surface area contributed by atoms with Crippen LogP contribution in [-0.2, 0) is 0 Å². The summed E-state index contributed by atoms with van der Waals surface area (Å²) in [7, 11) is 0. The summed E-state index contributed by atoms with van der Waals surface area (Å²) < 4.78 is 5.41. The smallest absolute Gasteiger partial charge is 0.197 e. The van der Waals surface area contributed by atoms with Crippen LogP contribution in [0.4, 0.5) is 0 Å². The first kappa shape index (κ1) is 7.21. The van der Waals surface area contributed by atoms with Crippen LogP contribution in [0.25, 0.3) is 0 Å². The maximum absolute atomic E-state index is 5.41. The van der Waals surface area contributed by atoms with E-state index >= 15 is 0 Å². The molecule has 4 nitrogen and oxygen atoms in total. The van der Waals surface area contributed by atoms with Crippen LogP contribution in [0.1, 0.15) is 18.5 Å². The van der Waals surface area contributed by atoms with Crippen LogP contribution in [-0.4, -0.2) is 22.9 Å². The van der Waals surface area contributed by atoms with Crippen molar-refractivity contribution in [1.29, 1.82) is 0 Å². The Bertz CT molecular complexity index is 313.